The fraction of sp³-hybridized carbons (Fsp3) is 0.400. The van der Waals surface area contributed by atoms with Crippen LogP contribution in [0.15, 0.2) is 23.4 Å². The van der Waals surface area contributed by atoms with E-state index in [1.165, 1.54) is 0 Å². The van der Waals surface area contributed by atoms with Crippen LogP contribution in [0.5, 0.6) is 0 Å². The topological polar surface area (TPSA) is 70.6 Å². The molecule has 0 aliphatic heterocycles. The number of nitrogens with two attached hydrogens (primary N) is 1. The van der Waals surface area contributed by atoms with Gasteiger partial charge in [-0.05, 0) is 30.5 Å². The number of amidine groups is 1. The van der Waals surface area contributed by atoms with Crippen LogP contribution >= 0.6 is 0 Å². The van der Waals surface area contributed by atoms with Crippen LogP contribution in [0.2, 0.25) is 0 Å². The first kappa shape index (κ1) is 15.1. The van der Waals surface area contributed by atoms with Crippen molar-refractivity contribution in [2.24, 2.45) is 10.9 Å². The average molecular weight is 259 g/mol. The van der Waals surface area contributed by atoms with Gasteiger partial charge < -0.3 is 10.9 Å². The molecule has 0 amide bonds. The summed E-state index contributed by atoms with van der Waals surface area (Å²) in [6.07, 6.45) is 7.50. The number of nitrogens with zero attached hydrogens (tertiary/aromatic N) is 1. The third-order valence-corrected chi connectivity index (χ3v) is 3.06. The van der Waals surface area contributed by atoms with Crippen LogP contribution in [0.25, 0.3) is 0 Å². The fourth-order valence-corrected chi connectivity index (χ4v) is 1.88. The minimum atomic E-state index is 0.105. The highest BCUT2D eigenvalue weighted by Gasteiger charge is 2.06. The van der Waals surface area contributed by atoms with Crippen molar-refractivity contribution < 1.29 is 5.21 Å². The third-order valence-electron chi connectivity index (χ3n) is 3.06. The molecular formula is C15H21N3O. The Hall–Kier alpha value is -1.99. The quantitative estimate of drug-likeness (QED) is 0.240. The molecule has 1 atom stereocenters. The summed E-state index contributed by atoms with van der Waals surface area (Å²) in [5.74, 6) is 2.87. The van der Waals surface area contributed by atoms with Crippen molar-refractivity contribution >= 4 is 5.84 Å². The first-order valence-corrected chi connectivity index (χ1v) is 6.39. The van der Waals surface area contributed by atoms with Gasteiger partial charge >= 0.3 is 0 Å². The zero-order valence-corrected chi connectivity index (χ0v) is 11.5. The smallest absolute Gasteiger partial charge is 0.170 e. The lowest BCUT2D eigenvalue weighted by Crippen LogP contribution is -2.27. The van der Waals surface area contributed by atoms with E-state index in [9.17, 15) is 0 Å². The molecule has 0 heterocycles. The van der Waals surface area contributed by atoms with E-state index in [1.54, 1.807) is 0 Å². The molecule has 0 fully saturated rings. The molecule has 0 spiro atoms. The Morgan fingerprint density at radius 3 is 2.84 bits per heavy atom. The highest BCUT2D eigenvalue weighted by molar-refractivity contribution is 5.97. The second-order valence-electron chi connectivity index (χ2n) is 4.52. The number of nitrogens with one attached hydrogen (secondary N) is 1. The molecule has 1 aromatic carbocycles. The molecule has 1 unspecified atom stereocenters. The molecule has 102 valence electrons. The molecule has 4 heteroatoms. The van der Waals surface area contributed by atoms with Crippen LogP contribution in [0.4, 0.5) is 0 Å². The van der Waals surface area contributed by atoms with E-state index in [4.69, 9.17) is 17.4 Å². The predicted octanol–water partition coefficient (Wildman–Crippen LogP) is 1.98. The van der Waals surface area contributed by atoms with Crippen LogP contribution < -0.4 is 11.1 Å². The van der Waals surface area contributed by atoms with Crippen LogP contribution in [0.3, 0.4) is 0 Å². The Balaban J connectivity index is 2.73. The van der Waals surface area contributed by atoms with Gasteiger partial charge in [0.2, 0.25) is 0 Å². The number of rotatable bonds is 6. The molecular weight excluding hydrogens is 238 g/mol. The van der Waals surface area contributed by atoms with Gasteiger partial charge in [0.15, 0.2) is 5.84 Å². The van der Waals surface area contributed by atoms with E-state index >= 15 is 0 Å². The van der Waals surface area contributed by atoms with Gasteiger partial charge in [0.1, 0.15) is 0 Å². The van der Waals surface area contributed by atoms with Gasteiger partial charge in [0, 0.05) is 12.1 Å². The molecule has 0 radical (unpaired) electrons. The zero-order valence-electron chi connectivity index (χ0n) is 11.5. The normalized spacial score (nSPS) is 13.0. The van der Waals surface area contributed by atoms with Crippen molar-refractivity contribution in [2.45, 2.75) is 39.3 Å². The van der Waals surface area contributed by atoms with E-state index < -0.39 is 0 Å². The van der Waals surface area contributed by atoms with Crippen LogP contribution in [0.1, 0.15) is 36.5 Å². The van der Waals surface area contributed by atoms with E-state index in [-0.39, 0.29) is 11.9 Å². The van der Waals surface area contributed by atoms with Gasteiger partial charge in [0.25, 0.3) is 0 Å². The lowest BCUT2D eigenvalue weighted by Gasteiger charge is -2.14. The van der Waals surface area contributed by atoms with E-state index in [0.29, 0.717) is 5.56 Å². The van der Waals surface area contributed by atoms with E-state index in [0.717, 1.165) is 30.5 Å². The van der Waals surface area contributed by atoms with Crippen molar-refractivity contribution in [3.8, 4) is 12.3 Å². The van der Waals surface area contributed by atoms with Gasteiger partial charge in [-0.1, -0.05) is 36.6 Å². The van der Waals surface area contributed by atoms with Gasteiger partial charge in [-0.25, -0.2) is 0 Å². The largest absolute Gasteiger partial charge is 0.409 e. The molecule has 0 aromatic heterocycles. The van der Waals surface area contributed by atoms with E-state index in [2.05, 4.69) is 23.3 Å². The summed E-state index contributed by atoms with van der Waals surface area (Å²) in [5, 5.41) is 15.0. The average Bonchev–Trinajstić information content (AvgIpc) is 2.43. The highest BCUT2D eigenvalue weighted by atomic mass is 16.4. The number of hydrogen-bond donors (Lipinski definition) is 3. The number of terminal acetylenes is 1. The number of hydrogen-bond acceptors (Lipinski definition) is 3. The molecule has 0 saturated carbocycles. The molecule has 0 saturated heterocycles. The lowest BCUT2D eigenvalue weighted by atomic mass is 10.0. The van der Waals surface area contributed by atoms with Crippen molar-refractivity contribution in [3.63, 3.8) is 0 Å². The number of benzene rings is 1. The molecule has 4 N–H and O–H groups in total. The van der Waals surface area contributed by atoms with Crippen molar-refractivity contribution in [1.82, 2.24) is 5.32 Å². The fourth-order valence-electron chi connectivity index (χ4n) is 1.88. The lowest BCUT2D eigenvalue weighted by molar-refractivity contribution is 0.318. The maximum Gasteiger partial charge on any atom is 0.170 e. The van der Waals surface area contributed by atoms with E-state index in [1.807, 2.05) is 25.1 Å². The summed E-state index contributed by atoms with van der Waals surface area (Å²) in [5.41, 5.74) is 8.51. The third kappa shape index (κ3) is 4.31. The molecule has 1 aromatic rings. The molecule has 0 aliphatic carbocycles. The Labute approximate surface area is 114 Å². The summed E-state index contributed by atoms with van der Waals surface area (Å²) >= 11 is 0. The molecule has 0 bridgehead atoms. The Morgan fingerprint density at radius 1 is 1.58 bits per heavy atom. The first-order valence-electron chi connectivity index (χ1n) is 6.39. The van der Waals surface area contributed by atoms with Crippen molar-refractivity contribution in [2.75, 3.05) is 0 Å². The van der Waals surface area contributed by atoms with Crippen molar-refractivity contribution in [1.29, 1.82) is 0 Å². The van der Waals surface area contributed by atoms with Crippen LogP contribution in [-0.4, -0.2) is 17.1 Å². The van der Waals surface area contributed by atoms with Crippen molar-refractivity contribution in [3.05, 3.63) is 34.9 Å². The van der Waals surface area contributed by atoms with Crippen LogP contribution in [0, 0.1) is 19.3 Å². The Morgan fingerprint density at radius 2 is 2.32 bits per heavy atom. The second kappa shape index (κ2) is 7.45. The summed E-state index contributed by atoms with van der Waals surface area (Å²) in [7, 11) is 0. The first-order chi connectivity index (χ1) is 9.12. The molecule has 19 heavy (non-hydrogen) atoms. The van der Waals surface area contributed by atoms with Gasteiger partial charge in [-0.3, -0.25) is 5.32 Å². The highest BCUT2D eigenvalue weighted by Crippen LogP contribution is 2.11. The molecule has 0 aliphatic rings. The summed E-state index contributed by atoms with van der Waals surface area (Å²) < 4.78 is 0. The standard InChI is InChI=1S/C15H21N3O/c1-4-6-14(5-2)17-10-13-8-7-12(9-11(13)3)15(16)18-19/h2,7-9,14,17,19H,4,6,10H2,1,3H3,(H2,16,18). The summed E-state index contributed by atoms with van der Waals surface area (Å²) in [4.78, 5) is 0. The number of oxime groups is 1. The Kier molecular flexibility index (Phi) is 5.91. The second-order valence-corrected chi connectivity index (χ2v) is 4.52. The van der Waals surface area contributed by atoms with Gasteiger partial charge in [-0.2, -0.15) is 0 Å². The minimum absolute atomic E-state index is 0.105. The molecule has 4 nitrogen and oxygen atoms in total. The Bertz CT molecular complexity index is 489. The maximum absolute atomic E-state index is 8.64. The zero-order chi connectivity index (χ0) is 14.3. The summed E-state index contributed by atoms with van der Waals surface area (Å²) in [6.45, 7) is 4.83. The predicted molar refractivity (Wildman–Crippen MR) is 78.1 cm³/mol. The maximum atomic E-state index is 8.64. The monoisotopic (exact) mass is 259 g/mol. The SMILES string of the molecule is C#CC(CCC)NCc1ccc(/C(N)=N/O)cc1C. The van der Waals surface area contributed by atoms with Gasteiger partial charge in [-0.15, -0.1) is 6.42 Å². The number of aryl methyl sites for hydroxylation is 1. The van der Waals surface area contributed by atoms with Gasteiger partial charge in [0.05, 0.1) is 6.04 Å². The summed E-state index contributed by atoms with van der Waals surface area (Å²) in [6, 6.07) is 5.81. The minimum Gasteiger partial charge on any atom is -0.409 e. The van der Waals surface area contributed by atoms with Crippen LogP contribution in [-0.2, 0) is 6.54 Å². The molecule has 1 rings (SSSR count).